The van der Waals surface area contributed by atoms with Crippen molar-refractivity contribution >= 4 is 65.4 Å². The molecule has 15 rings (SSSR count). The van der Waals surface area contributed by atoms with E-state index in [1.807, 2.05) is 36.4 Å². The van der Waals surface area contributed by atoms with Gasteiger partial charge in [-0.1, -0.05) is 164 Å². The number of aromatic nitrogens is 5. The van der Waals surface area contributed by atoms with Gasteiger partial charge < -0.3 is 8.80 Å². The summed E-state index contributed by atoms with van der Waals surface area (Å²) in [6.07, 6.45) is 0. The lowest BCUT2D eigenvalue weighted by molar-refractivity contribution is 0.797. The lowest BCUT2D eigenvalue weighted by Gasteiger charge is -2.30. The molecule has 63 heavy (non-hydrogen) atoms. The molecule has 0 saturated carbocycles. The lowest BCUT2D eigenvalue weighted by Crippen LogP contribution is -2.26. The van der Waals surface area contributed by atoms with Crippen LogP contribution in [0.4, 0.5) is 0 Å². The van der Waals surface area contributed by atoms with Gasteiger partial charge in [-0.05, 0) is 69.8 Å². The Labute approximate surface area is 360 Å². The Bertz CT molecular complexity index is 4040. The van der Waals surface area contributed by atoms with Gasteiger partial charge in [-0.25, -0.2) is 15.0 Å². The van der Waals surface area contributed by atoms with Gasteiger partial charge in [0.15, 0.2) is 17.5 Å². The van der Waals surface area contributed by atoms with Gasteiger partial charge in [0.2, 0.25) is 0 Å². The molecule has 9 aromatic carbocycles. The third-order valence-corrected chi connectivity index (χ3v) is 14.1. The SMILES string of the molecule is c1ccc(-c2nc(-c3ccccc3)nc(-c3ccc4c(c3)c3ccc5c6c7c(cccc7n7c8ccccc8c8cccc(c87)n4c36)C53c4ccccc4-c4ccccc43)n2)cc1. The van der Waals surface area contributed by atoms with E-state index in [4.69, 9.17) is 15.0 Å². The second kappa shape index (κ2) is 11.9. The Morgan fingerprint density at radius 2 is 0.810 bits per heavy atom. The molecule has 0 amide bonds. The van der Waals surface area contributed by atoms with Crippen molar-refractivity contribution in [3.05, 3.63) is 222 Å². The van der Waals surface area contributed by atoms with E-state index in [9.17, 15) is 0 Å². The van der Waals surface area contributed by atoms with Crippen molar-refractivity contribution < 1.29 is 0 Å². The summed E-state index contributed by atoms with van der Waals surface area (Å²) in [7, 11) is 0. The van der Waals surface area contributed by atoms with Gasteiger partial charge in [0, 0.05) is 49.0 Å². The summed E-state index contributed by atoms with van der Waals surface area (Å²) in [6, 6.07) is 73.0. The maximum Gasteiger partial charge on any atom is 0.164 e. The van der Waals surface area contributed by atoms with E-state index in [2.05, 4.69) is 173 Å². The Hall–Kier alpha value is -8.41. The molecular formula is C58H33N5. The Kier molecular flexibility index (Phi) is 6.30. The van der Waals surface area contributed by atoms with Crippen molar-refractivity contribution in [2.45, 2.75) is 5.41 Å². The van der Waals surface area contributed by atoms with Gasteiger partial charge in [-0.3, -0.25) is 0 Å². The van der Waals surface area contributed by atoms with Crippen LogP contribution in [0.3, 0.4) is 0 Å². The first-order chi connectivity index (χ1) is 31.3. The molecule has 4 aromatic heterocycles. The molecule has 4 heterocycles. The van der Waals surface area contributed by atoms with Crippen LogP contribution >= 0.6 is 0 Å². The van der Waals surface area contributed by atoms with Crippen molar-refractivity contribution in [3.8, 4) is 45.3 Å². The summed E-state index contributed by atoms with van der Waals surface area (Å²) >= 11 is 0. The van der Waals surface area contributed by atoms with Crippen LogP contribution in [-0.2, 0) is 5.41 Å². The van der Waals surface area contributed by atoms with E-state index in [0.717, 1.165) is 33.1 Å². The number of nitrogens with zero attached hydrogens (tertiary/aromatic N) is 5. The standard InChI is InChI=1S/C58H33N5/c1-3-15-34(16-4-1)55-59-56(35-17-5-2-6-18-35)61-57(60-55)36-29-32-48-42(33-36)41-30-31-46-52-51-45(58(46)43-23-10-7-19-37(43)38-20-8-11-24-44(38)58)25-14-27-49(51)62-47-26-12-9-21-39(47)40-22-13-28-50(53(40)62)63(48)54(41)52/h1-33H. The largest absolute Gasteiger partial charge is 0.307 e. The van der Waals surface area contributed by atoms with E-state index in [1.165, 1.54) is 82.4 Å². The molecule has 0 bridgehead atoms. The second-order valence-electron chi connectivity index (χ2n) is 17.1. The van der Waals surface area contributed by atoms with Crippen LogP contribution in [0.2, 0.25) is 0 Å². The van der Waals surface area contributed by atoms with E-state index in [0.29, 0.717) is 17.5 Å². The fourth-order valence-corrected chi connectivity index (χ4v) is 11.7. The van der Waals surface area contributed by atoms with Crippen molar-refractivity contribution in [2.75, 3.05) is 0 Å². The van der Waals surface area contributed by atoms with Gasteiger partial charge in [0.25, 0.3) is 0 Å². The number of para-hydroxylation sites is 2. The zero-order valence-electron chi connectivity index (χ0n) is 33.8. The van der Waals surface area contributed by atoms with Crippen LogP contribution in [0.25, 0.3) is 111 Å². The average molecular weight is 800 g/mol. The Morgan fingerprint density at radius 3 is 1.54 bits per heavy atom. The van der Waals surface area contributed by atoms with Crippen molar-refractivity contribution in [3.63, 3.8) is 0 Å². The highest BCUT2D eigenvalue weighted by molar-refractivity contribution is 6.27. The molecule has 0 atom stereocenters. The molecule has 5 heteroatoms. The maximum absolute atomic E-state index is 5.17. The summed E-state index contributed by atoms with van der Waals surface area (Å²) in [5.41, 5.74) is 17.4. The van der Waals surface area contributed by atoms with E-state index >= 15 is 0 Å². The number of benzene rings is 9. The fourth-order valence-electron chi connectivity index (χ4n) is 11.7. The normalized spacial score (nSPS) is 13.5. The smallest absolute Gasteiger partial charge is 0.164 e. The number of rotatable bonds is 3. The Balaban J connectivity index is 1.14. The molecule has 0 N–H and O–H groups in total. The van der Waals surface area contributed by atoms with Crippen LogP contribution in [-0.4, -0.2) is 23.8 Å². The molecule has 1 spiro atoms. The zero-order valence-corrected chi connectivity index (χ0v) is 33.8. The third-order valence-electron chi connectivity index (χ3n) is 14.1. The van der Waals surface area contributed by atoms with Crippen LogP contribution in [0, 0.1) is 0 Å². The first-order valence-electron chi connectivity index (χ1n) is 21.6. The molecule has 13 aromatic rings. The minimum Gasteiger partial charge on any atom is -0.307 e. The number of hydrogen-bond acceptors (Lipinski definition) is 3. The molecule has 0 radical (unpaired) electrons. The van der Waals surface area contributed by atoms with Crippen LogP contribution < -0.4 is 0 Å². The summed E-state index contributed by atoms with van der Waals surface area (Å²) in [4.78, 5) is 15.3. The van der Waals surface area contributed by atoms with E-state index < -0.39 is 5.41 Å². The highest BCUT2D eigenvalue weighted by Crippen LogP contribution is 2.63. The monoisotopic (exact) mass is 799 g/mol. The quantitative estimate of drug-likeness (QED) is 0.179. The van der Waals surface area contributed by atoms with Gasteiger partial charge >= 0.3 is 0 Å². The molecule has 0 fully saturated rings. The minimum atomic E-state index is -0.500. The number of fused-ring (bicyclic) bond motifs is 15. The molecule has 0 unspecified atom stereocenters. The highest BCUT2D eigenvalue weighted by Gasteiger charge is 2.51. The summed E-state index contributed by atoms with van der Waals surface area (Å²) in [6.45, 7) is 0. The Morgan fingerprint density at radius 1 is 0.302 bits per heavy atom. The lowest BCUT2D eigenvalue weighted by atomic mass is 9.70. The van der Waals surface area contributed by atoms with Gasteiger partial charge in [0.05, 0.1) is 38.5 Å². The number of hydrogen-bond donors (Lipinski definition) is 0. The second-order valence-corrected chi connectivity index (χ2v) is 17.1. The first kappa shape index (κ1) is 33.3. The first-order valence-corrected chi connectivity index (χ1v) is 21.6. The highest BCUT2D eigenvalue weighted by atomic mass is 15.0. The van der Waals surface area contributed by atoms with Crippen molar-refractivity contribution in [1.29, 1.82) is 0 Å². The summed E-state index contributed by atoms with van der Waals surface area (Å²) in [5, 5.41) is 7.43. The zero-order chi connectivity index (χ0) is 41.0. The topological polar surface area (TPSA) is 47.5 Å². The molecule has 290 valence electrons. The van der Waals surface area contributed by atoms with Gasteiger partial charge in [-0.2, -0.15) is 0 Å². The van der Waals surface area contributed by atoms with Crippen LogP contribution in [0.15, 0.2) is 200 Å². The van der Waals surface area contributed by atoms with Gasteiger partial charge in [0.1, 0.15) is 0 Å². The maximum atomic E-state index is 5.17. The molecule has 2 aliphatic rings. The molecule has 2 aliphatic carbocycles. The molecular weight excluding hydrogens is 767 g/mol. The van der Waals surface area contributed by atoms with Crippen molar-refractivity contribution in [1.82, 2.24) is 23.8 Å². The molecule has 5 nitrogen and oxygen atoms in total. The fraction of sp³-hybridized carbons (Fsp3) is 0.0172. The van der Waals surface area contributed by atoms with Crippen molar-refractivity contribution in [2.24, 2.45) is 0 Å². The minimum absolute atomic E-state index is 0.500. The van der Waals surface area contributed by atoms with Crippen LogP contribution in [0.5, 0.6) is 0 Å². The predicted octanol–water partition coefficient (Wildman–Crippen LogP) is 13.8. The summed E-state index contributed by atoms with van der Waals surface area (Å²) < 4.78 is 5.12. The molecule has 0 aliphatic heterocycles. The molecule has 0 saturated heterocycles. The average Bonchev–Trinajstić information content (AvgIpc) is 4.06. The van der Waals surface area contributed by atoms with Crippen LogP contribution in [0.1, 0.15) is 22.3 Å². The van der Waals surface area contributed by atoms with E-state index in [1.54, 1.807) is 0 Å². The van der Waals surface area contributed by atoms with Gasteiger partial charge in [-0.15, -0.1) is 0 Å². The summed E-state index contributed by atoms with van der Waals surface area (Å²) in [5.74, 6) is 1.94. The predicted molar refractivity (Wildman–Crippen MR) is 256 cm³/mol. The van der Waals surface area contributed by atoms with E-state index in [-0.39, 0.29) is 0 Å². The third kappa shape index (κ3) is 4.10.